The van der Waals surface area contributed by atoms with Gasteiger partial charge in [-0.25, -0.2) is 4.79 Å². The Morgan fingerprint density at radius 1 is 1.40 bits per heavy atom. The first-order valence-corrected chi connectivity index (χ1v) is 6.37. The van der Waals surface area contributed by atoms with E-state index in [-0.39, 0.29) is 6.54 Å². The number of aliphatic hydroxyl groups excluding tert-OH is 1. The Labute approximate surface area is 122 Å². The van der Waals surface area contributed by atoms with E-state index in [0.29, 0.717) is 10.7 Å². The summed E-state index contributed by atoms with van der Waals surface area (Å²) < 4.78 is 0. The Balaban J connectivity index is 3.00. The summed E-state index contributed by atoms with van der Waals surface area (Å²) in [5.74, 6) is -1.14. The van der Waals surface area contributed by atoms with E-state index < -0.39 is 24.6 Å². The Morgan fingerprint density at radius 3 is 2.55 bits per heavy atom. The van der Waals surface area contributed by atoms with Gasteiger partial charge in [0.2, 0.25) is 0 Å². The molecular formula is C13H17ClN2O4. The molecule has 0 spiro atoms. The Hall–Kier alpha value is -1.79. The van der Waals surface area contributed by atoms with Gasteiger partial charge in [0, 0.05) is 24.3 Å². The number of rotatable bonds is 5. The zero-order valence-corrected chi connectivity index (χ0v) is 12.0. The van der Waals surface area contributed by atoms with Gasteiger partial charge in [0.15, 0.2) is 0 Å². The molecule has 20 heavy (non-hydrogen) atoms. The molecule has 110 valence electrons. The number of carbonyl (C=O) groups is 2. The lowest BCUT2D eigenvalue weighted by Gasteiger charge is -2.27. The number of amides is 2. The molecule has 0 radical (unpaired) electrons. The number of hydrogen-bond donors (Lipinski definition) is 2. The highest BCUT2D eigenvalue weighted by molar-refractivity contribution is 6.30. The lowest BCUT2D eigenvalue weighted by Crippen LogP contribution is -2.46. The van der Waals surface area contributed by atoms with Crippen LogP contribution in [0.25, 0.3) is 0 Å². The molecule has 0 bridgehead atoms. The first-order valence-electron chi connectivity index (χ1n) is 5.99. The van der Waals surface area contributed by atoms with E-state index in [9.17, 15) is 14.7 Å². The molecule has 0 aliphatic heterocycles. The number of likely N-dealkylation sites (N-methyl/N-ethyl adjacent to an activating group) is 1. The third-order valence-corrected chi connectivity index (χ3v) is 2.74. The number of hydrogen-bond acceptors (Lipinski definition) is 3. The van der Waals surface area contributed by atoms with E-state index >= 15 is 0 Å². The quantitative estimate of drug-likeness (QED) is 0.866. The molecule has 0 aliphatic rings. The molecule has 2 N–H and O–H groups in total. The average Bonchev–Trinajstić information content (AvgIpc) is 2.34. The highest BCUT2D eigenvalue weighted by atomic mass is 35.5. The minimum atomic E-state index is -1.14. The average molecular weight is 301 g/mol. The number of halogens is 1. The molecule has 0 heterocycles. The molecule has 0 saturated carbocycles. The van der Waals surface area contributed by atoms with E-state index in [4.69, 9.17) is 16.7 Å². The molecule has 1 atom stereocenters. The molecule has 1 rings (SSSR count). The van der Waals surface area contributed by atoms with Gasteiger partial charge in [-0.2, -0.15) is 0 Å². The zero-order chi connectivity index (χ0) is 15.3. The number of benzene rings is 1. The second-order valence-electron chi connectivity index (χ2n) is 4.47. The van der Waals surface area contributed by atoms with Gasteiger partial charge in [-0.3, -0.25) is 9.69 Å². The van der Waals surface area contributed by atoms with Crippen LogP contribution >= 0.6 is 11.6 Å². The van der Waals surface area contributed by atoms with Gasteiger partial charge < -0.3 is 15.1 Å². The molecule has 7 heteroatoms. The van der Waals surface area contributed by atoms with Crippen LogP contribution in [0.1, 0.15) is 6.92 Å². The summed E-state index contributed by atoms with van der Waals surface area (Å²) in [5, 5.41) is 18.6. The normalized spacial score (nSPS) is 11.8. The first kappa shape index (κ1) is 16.3. The minimum Gasteiger partial charge on any atom is -0.480 e. The summed E-state index contributed by atoms with van der Waals surface area (Å²) >= 11 is 5.86. The molecular weight excluding hydrogens is 284 g/mol. The lowest BCUT2D eigenvalue weighted by molar-refractivity contribution is -0.135. The molecule has 0 saturated heterocycles. The van der Waals surface area contributed by atoms with Gasteiger partial charge in [-0.15, -0.1) is 0 Å². The maximum Gasteiger partial charge on any atom is 0.324 e. The lowest BCUT2D eigenvalue weighted by atomic mass is 10.3. The van der Waals surface area contributed by atoms with Crippen molar-refractivity contribution in [3.05, 3.63) is 29.3 Å². The molecule has 1 unspecified atom stereocenters. The zero-order valence-electron chi connectivity index (χ0n) is 11.3. The fraction of sp³-hybridized carbons (Fsp3) is 0.385. The largest absolute Gasteiger partial charge is 0.480 e. The first-order chi connectivity index (χ1) is 9.31. The number of aliphatic hydroxyl groups is 1. The number of nitrogens with zero attached hydrogens (tertiary/aromatic N) is 2. The molecule has 0 fully saturated rings. The number of urea groups is 1. The van der Waals surface area contributed by atoms with Gasteiger partial charge in [0.05, 0.1) is 6.10 Å². The van der Waals surface area contributed by atoms with Gasteiger partial charge in [-0.05, 0) is 25.1 Å². The molecule has 1 aromatic rings. The van der Waals surface area contributed by atoms with Crippen LogP contribution < -0.4 is 4.90 Å². The summed E-state index contributed by atoms with van der Waals surface area (Å²) in [5.41, 5.74) is 0.391. The summed E-state index contributed by atoms with van der Waals surface area (Å²) in [6, 6.07) is 5.86. The van der Waals surface area contributed by atoms with Crippen molar-refractivity contribution in [3.63, 3.8) is 0 Å². The van der Waals surface area contributed by atoms with Crippen LogP contribution in [0.4, 0.5) is 10.5 Å². The van der Waals surface area contributed by atoms with Gasteiger partial charge in [0.25, 0.3) is 0 Å². The molecule has 1 aromatic carbocycles. The van der Waals surface area contributed by atoms with Crippen molar-refractivity contribution in [2.75, 3.05) is 25.0 Å². The van der Waals surface area contributed by atoms with Crippen LogP contribution in [0.15, 0.2) is 24.3 Å². The van der Waals surface area contributed by atoms with E-state index in [1.54, 1.807) is 25.1 Å². The van der Waals surface area contributed by atoms with Crippen LogP contribution in [0, 0.1) is 0 Å². The Kier molecular flexibility index (Phi) is 5.79. The monoisotopic (exact) mass is 300 g/mol. The van der Waals surface area contributed by atoms with Crippen molar-refractivity contribution in [2.24, 2.45) is 0 Å². The summed E-state index contributed by atoms with van der Waals surface area (Å²) in [4.78, 5) is 25.5. The summed E-state index contributed by atoms with van der Waals surface area (Å²) in [6.45, 7) is 1.17. The molecule has 0 aliphatic carbocycles. The number of carbonyl (C=O) groups excluding carboxylic acids is 1. The predicted molar refractivity (Wildman–Crippen MR) is 76.1 cm³/mol. The van der Waals surface area contributed by atoms with Gasteiger partial charge >= 0.3 is 12.0 Å². The van der Waals surface area contributed by atoms with E-state index in [1.807, 2.05) is 0 Å². The molecule has 0 aromatic heterocycles. The SMILES string of the molecule is CC(O)CN(C)C(=O)N(CC(=O)O)c1cccc(Cl)c1. The van der Waals surface area contributed by atoms with Crippen molar-refractivity contribution in [3.8, 4) is 0 Å². The third-order valence-electron chi connectivity index (χ3n) is 2.51. The van der Waals surface area contributed by atoms with Crippen molar-refractivity contribution in [1.29, 1.82) is 0 Å². The maximum absolute atomic E-state index is 12.3. The fourth-order valence-corrected chi connectivity index (χ4v) is 1.91. The van der Waals surface area contributed by atoms with Crippen molar-refractivity contribution in [2.45, 2.75) is 13.0 Å². The van der Waals surface area contributed by atoms with Crippen molar-refractivity contribution >= 4 is 29.3 Å². The summed E-state index contributed by atoms with van der Waals surface area (Å²) in [7, 11) is 1.49. The second kappa shape index (κ2) is 7.12. The number of carboxylic acids is 1. The molecule has 6 nitrogen and oxygen atoms in total. The van der Waals surface area contributed by atoms with E-state index in [0.717, 1.165) is 4.90 Å². The van der Waals surface area contributed by atoms with Gasteiger partial charge in [0.1, 0.15) is 6.54 Å². The van der Waals surface area contributed by atoms with E-state index in [2.05, 4.69) is 0 Å². The predicted octanol–water partition coefficient (Wildman–Crippen LogP) is 1.66. The van der Waals surface area contributed by atoms with Crippen LogP contribution in [-0.2, 0) is 4.79 Å². The van der Waals surface area contributed by atoms with Crippen LogP contribution in [0.2, 0.25) is 5.02 Å². The second-order valence-corrected chi connectivity index (χ2v) is 4.91. The van der Waals surface area contributed by atoms with Crippen molar-refractivity contribution < 1.29 is 19.8 Å². The van der Waals surface area contributed by atoms with Crippen LogP contribution in [-0.4, -0.2) is 53.4 Å². The number of carboxylic acid groups (broad SMARTS) is 1. The number of aliphatic carboxylic acids is 1. The fourth-order valence-electron chi connectivity index (χ4n) is 1.73. The third kappa shape index (κ3) is 4.71. The highest BCUT2D eigenvalue weighted by Gasteiger charge is 2.23. The summed E-state index contributed by atoms with van der Waals surface area (Å²) in [6.07, 6.45) is -0.699. The van der Waals surface area contributed by atoms with Crippen LogP contribution in [0.5, 0.6) is 0 Å². The van der Waals surface area contributed by atoms with Crippen molar-refractivity contribution in [1.82, 2.24) is 4.90 Å². The van der Waals surface area contributed by atoms with Gasteiger partial charge in [-0.1, -0.05) is 17.7 Å². The standard InChI is InChI=1S/C13H17ClN2O4/c1-9(17)7-15(2)13(20)16(8-12(18)19)11-5-3-4-10(14)6-11/h3-6,9,17H,7-8H2,1-2H3,(H,18,19). The molecule has 2 amide bonds. The Bertz CT molecular complexity index is 493. The smallest absolute Gasteiger partial charge is 0.324 e. The topological polar surface area (TPSA) is 81.1 Å². The van der Waals surface area contributed by atoms with E-state index in [1.165, 1.54) is 18.0 Å². The highest BCUT2D eigenvalue weighted by Crippen LogP contribution is 2.20. The number of anilines is 1. The Morgan fingerprint density at radius 2 is 2.05 bits per heavy atom. The maximum atomic E-state index is 12.3. The van der Waals surface area contributed by atoms with Crippen LogP contribution in [0.3, 0.4) is 0 Å². The minimum absolute atomic E-state index is 0.107.